The molecule has 1 unspecified atom stereocenters. The van der Waals surface area contributed by atoms with E-state index in [2.05, 4.69) is 4.90 Å². The van der Waals surface area contributed by atoms with E-state index in [0.29, 0.717) is 12.6 Å². The molecule has 1 aromatic carbocycles. The molecule has 0 amide bonds. The van der Waals surface area contributed by atoms with Gasteiger partial charge < -0.3 is 10.0 Å². The van der Waals surface area contributed by atoms with Crippen LogP contribution in [0.25, 0.3) is 0 Å². The van der Waals surface area contributed by atoms with Crippen molar-refractivity contribution >= 4 is 5.97 Å². The maximum Gasteiger partial charge on any atom is 0.312 e. The summed E-state index contributed by atoms with van der Waals surface area (Å²) in [5, 5.41) is 9.32. The van der Waals surface area contributed by atoms with Crippen LogP contribution in [-0.2, 0) is 4.79 Å². The zero-order valence-electron chi connectivity index (χ0n) is 10.2. The molecule has 0 aliphatic heterocycles. The van der Waals surface area contributed by atoms with E-state index in [4.69, 9.17) is 0 Å². The van der Waals surface area contributed by atoms with Crippen molar-refractivity contribution in [3.63, 3.8) is 0 Å². The predicted molar refractivity (Wildman–Crippen MR) is 67.1 cm³/mol. The second-order valence-electron chi connectivity index (χ2n) is 4.83. The zero-order chi connectivity index (χ0) is 12.3. The number of likely N-dealkylation sites (N-methyl/N-ethyl adjacent to an activating group) is 1. The minimum Gasteiger partial charge on any atom is -0.481 e. The monoisotopic (exact) mass is 233 g/mol. The standard InChI is InChI=1S/C14H19NO2/c1-15(12-8-5-9-12)10-13(14(16)17)11-6-3-2-4-7-11/h2-4,6-7,12-13H,5,8-10H2,1H3,(H,16,17). The first kappa shape index (κ1) is 12.1. The predicted octanol–water partition coefficient (Wildman–Crippen LogP) is 2.34. The van der Waals surface area contributed by atoms with E-state index in [1.807, 2.05) is 37.4 Å². The lowest BCUT2D eigenvalue weighted by Gasteiger charge is -2.36. The molecular formula is C14H19NO2. The topological polar surface area (TPSA) is 40.5 Å². The Morgan fingerprint density at radius 2 is 2.06 bits per heavy atom. The molecule has 1 aliphatic carbocycles. The molecule has 1 atom stereocenters. The molecule has 1 saturated carbocycles. The summed E-state index contributed by atoms with van der Waals surface area (Å²) in [7, 11) is 2.03. The van der Waals surface area contributed by atoms with E-state index >= 15 is 0 Å². The number of rotatable bonds is 5. The van der Waals surface area contributed by atoms with Gasteiger partial charge in [-0.15, -0.1) is 0 Å². The molecule has 0 spiro atoms. The normalized spacial score (nSPS) is 17.8. The molecule has 3 heteroatoms. The van der Waals surface area contributed by atoms with Gasteiger partial charge in [-0.3, -0.25) is 4.79 Å². The minimum atomic E-state index is -0.734. The van der Waals surface area contributed by atoms with E-state index in [0.717, 1.165) is 5.56 Å². The van der Waals surface area contributed by atoms with Crippen LogP contribution in [0.1, 0.15) is 30.7 Å². The highest BCUT2D eigenvalue weighted by molar-refractivity contribution is 5.76. The minimum absolute atomic E-state index is 0.415. The summed E-state index contributed by atoms with van der Waals surface area (Å²) in [5.74, 6) is -1.15. The fourth-order valence-electron chi connectivity index (χ4n) is 2.28. The Morgan fingerprint density at radius 3 is 2.53 bits per heavy atom. The Morgan fingerprint density at radius 1 is 1.41 bits per heavy atom. The first-order chi connectivity index (χ1) is 8.18. The molecule has 17 heavy (non-hydrogen) atoms. The maximum absolute atomic E-state index is 11.3. The lowest BCUT2D eigenvalue weighted by molar-refractivity contribution is -0.139. The van der Waals surface area contributed by atoms with Crippen LogP contribution in [0.15, 0.2) is 30.3 Å². The van der Waals surface area contributed by atoms with Crippen LogP contribution in [0.5, 0.6) is 0 Å². The lowest BCUT2D eigenvalue weighted by Crippen LogP contribution is -2.40. The molecule has 92 valence electrons. The summed E-state index contributed by atoms with van der Waals surface area (Å²) < 4.78 is 0. The van der Waals surface area contributed by atoms with Crippen LogP contribution >= 0.6 is 0 Å². The Hall–Kier alpha value is -1.35. The van der Waals surface area contributed by atoms with Gasteiger partial charge >= 0.3 is 5.97 Å². The second-order valence-corrected chi connectivity index (χ2v) is 4.83. The number of aliphatic carboxylic acids is 1. The summed E-state index contributed by atoms with van der Waals surface area (Å²) in [6.45, 7) is 0.601. The highest BCUT2D eigenvalue weighted by Crippen LogP contribution is 2.26. The van der Waals surface area contributed by atoms with Crippen molar-refractivity contribution in [1.29, 1.82) is 0 Å². The summed E-state index contributed by atoms with van der Waals surface area (Å²) >= 11 is 0. The smallest absolute Gasteiger partial charge is 0.312 e. The van der Waals surface area contributed by atoms with Gasteiger partial charge in [0.15, 0.2) is 0 Å². The third-order valence-corrected chi connectivity index (χ3v) is 3.67. The van der Waals surface area contributed by atoms with Crippen molar-refractivity contribution in [2.75, 3.05) is 13.6 Å². The van der Waals surface area contributed by atoms with Gasteiger partial charge in [0.2, 0.25) is 0 Å². The van der Waals surface area contributed by atoms with Crippen molar-refractivity contribution in [3.05, 3.63) is 35.9 Å². The summed E-state index contributed by atoms with van der Waals surface area (Å²) in [6, 6.07) is 10.1. The molecule has 0 heterocycles. The number of carboxylic acids is 1. The highest BCUT2D eigenvalue weighted by atomic mass is 16.4. The maximum atomic E-state index is 11.3. The fraction of sp³-hybridized carbons (Fsp3) is 0.500. The van der Waals surface area contributed by atoms with Gasteiger partial charge in [0.05, 0.1) is 5.92 Å². The number of carbonyl (C=O) groups is 1. The van der Waals surface area contributed by atoms with Crippen molar-refractivity contribution < 1.29 is 9.90 Å². The molecule has 0 saturated heterocycles. The van der Waals surface area contributed by atoms with Crippen LogP contribution in [0.4, 0.5) is 0 Å². The first-order valence-corrected chi connectivity index (χ1v) is 6.16. The average Bonchev–Trinajstić information content (AvgIpc) is 2.24. The van der Waals surface area contributed by atoms with E-state index in [-0.39, 0.29) is 0 Å². The molecule has 0 radical (unpaired) electrons. The third-order valence-electron chi connectivity index (χ3n) is 3.67. The molecule has 0 aromatic heterocycles. The van der Waals surface area contributed by atoms with Crippen LogP contribution in [-0.4, -0.2) is 35.6 Å². The Bertz CT molecular complexity index is 373. The van der Waals surface area contributed by atoms with E-state index in [1.54, 1.807) is 0 Å². The summed E-state index contributed by atoms with van der Waals surface area (Å²) in [4.78, 5) is 13.5. The van der Waals surface area contributed by atoms with Crippen molar-refractivity contribution in [2.45, 2.75) is 31.2 Å². The first-order valence-electron chi connectivity index (χ1n) is 6.16. The molecule has 1 N–H and O–H groups in total. The molecule has 2 rings (SSSR count). The third kappa shape index (κ3) is 2.86. The number of benzene rings is 1. The van der Waals surface area contributed by atoms with Crippen molar-refractivity contribution in [2.24, 2.45) is 0 Å². The van der Waals surface area contributed by atoms with E-state index in [1.165, 1.54) is 19.3 Å². The number of hydrogen-bond acceptors (Lipinski definition) is 2. The van der Waals surface area contributed by atoms with Gasteiger partial charge in [0.1, 0.15) is 0 Å². The van der Waals surface area contributed by atoms with Crippen molar-refractivity contribution in [1.82, 2.24) is 4.90 Å². The Labute approximate surface area is 102 Å². The van der Waals surface area contributed by atoms with Crippen molar-refractivity contribution in [3.8, 4) is 0 Å². The Balaban J connectivity index is 2.05. The highest BCUT2D eigenvalue weighted by Gasteiger charge is 2.27. The van der Waals surface area contributed by atoms with Gasteiger partial charge in [-0.2, -0.15) is 0 Å². The van der Waals surface area contributed by atoms with Gasteiger partial charge in [0, 0.05) is 12.6 Å². The number of hydrogen-bond donors (Lipinski definition) is 1. The van der Waals surface area contributed by atoms with Gasteiger partial charge in [0.25, 0.3) is 0 Å². The van der Waals surface area contributed by atoms with Crippen LogP contribution in [0.3, 0.4) is 0 Å². The summed E-state index contributed by atoms with van der Waals surface area (Å²) in [5.41, 5.74) is 0.895. The molecule has 1 aliphatic rings. The lowest BCUT2D eigenvalue weighted by atomic mass is 9.90. The van der Waals surface area contributed by atoms with Gasteiger partial charge in [-0.05, 0) is 25.5 Å². The molecular weight excluding hydrogens is 214 g/mol. The Kier molecular flexibility index (Phi) is 3.79. The fourth-order valence-corrected chi connectivity index (χ4v) is 2.28. The van der Waals surface area contributed by atoms with Crippen LogP contribution in [0.2, 0.25) is 0 Å². The molecule has 1 fully saturated rings. The molecule has 3 nitrogen and oxygen atoms in total. The van der Waals surface area contributed by atoms with E-state index in [9.17, 15) is 9.90 Å². The average molecular weight is 233 g/mol. The van der Waals surface area contributed by atoms with E-state index < -0.39 is 11.9 Å². The van der Waals surface area contributed by atoms with Gasteiger partial charge in [-0.25, -0.2) is 0 Å². The summed E-state index contributed by atoms with van der Waals surface area (Å²) in [6.07, 6.45) is 3.69. The van der Waals surface area contributed by atoms with Crippen LogP contribution in [0, 0.1) is 0 Å². The second kappa shape index (κ2) is 5.32. The van der Waals surface area contributed by atoms with Crippen LogP contribution < -0.4 is 0 Å². The quantitative estimate of drug-likeness (QED) is 0.848. The zero-order valence-corrected chi connectivity index (χ0v) is 10.2. The SMILES string of the molecule is CN(CC(C(=O)O)c1ccccc1)C1CCC1. The molecule has 1 aromatic rings. The molecule has 0 bridgehead atoms. The largest absolute Gasteiger partial charge is 0.481 e. The number of carboxylic acid groups (broad SMARTS) is 1. The van der Waals surface area contributed by atoms with Gasteiger partial charge in [-0.1, -0.05) is 36.8 Å². The number of nitrogens with zero attached hydrogens (tertiary/aromatic N) is 1.